The van der Waals surface area contributed by atoms with Gasteiger partial charge in [-0.05, 0) is 124 Å². The summed E-state index contributed by atoms with van der Waals surface area (Å²) in [4.78, 5) is 15.3. The second-order valence-electron chi connectivity index (χ2n) is 16.3. The van der Waals surface area contributed by atoms with E-state index in [0.29, 0.717) is 16.7 Å². The zero-order valence-corrected chi connectivity index (χ0v) is 32.5. The molecule has 2 aliphatic carbocycles. The minimum Gasteiger partial charge on any atom is -0.512 e. The van der Waals surface area contributed by atoms with Crippen LogP contribution in [0.2, 0.25) is 0 Å². The number of hydrogen-bond donors (Lipinski definition) is 1. The van der Waals surface area contributed by atoms with Crippen molar-refractivity contribution in [2.45, 2.75) is 125 Å². The number of allylic oxidation sites excluding steroid dienone is 2. The first-order valence-electron chi connectivity index (χ1n) is 17.3. The number of rotatable bonds is 3. The third kappa shape index (κ3) is 8.62. The normalized spacial score (nSPS) is 18.0. The Morgan fingerprint density at radius 1 is 0.936 bits per heavy atom. The molecule has 1 spiro atoms. The number of hydrogen-bond acceptors (Lipinski definition) is 3. The van der Waals surface area contributed by atoms with Crippen molar-refractivity contribution in [3.63, 3.8) is 0 Å². The number of ketones is 1. The molecule has 2 aliphatic rings. The van der Waals surface area contributed by atoms with Gasteiger partial charge in [0.15, 0.2) is 5.78 Å². The summed E-state index contributed by atoms with van der Waals surface area (Å²) in [5.41, 5.74) is 10.1. The quantitative estimate of drug-likeness (QED) is 0.127. The van der Waals surface area contributed by atoms with Crippen LogP contribution in [0.1, 0.15) is 128 Å². The molecule has 0 unspecified atom stereocenters. The Kier molecular flexibility index (Phi) is 11.3. The Labute approximate surface area is 297 Å². The van der Waals surface area contributed by atoms with Crippen LogP contribution in [0.4, 0.5) is 0 Å². The summed E-state index contributed by atoms with van der Waals surface area (Å²) in [6.45, 7) is 19.2. The van der Waals surface area contributed by atoms with Crippen LogP contribution in [0.15, 0.2) is 60.4 Å². The number of pyridine rings is 1. The molecule has 1 N–H and O–H groups in total. The zero-order valence-electron chi connectivity index (χ0n) is 30.1. The maximum atomic E-state index is 10.0. The van der Waals surface area contributed by atoms with Gasteiger partial charge in [-0.25, -0.2) is 0 Å². The van der Waals surface area contributed by atoms with Gasteiger partial charge in [0.25, 0.3) is 0 Å². The van der Waals surface area contributed by atoms with E-state index in [9.17, 15) is 4.79 Å². The van der Waals surface area contributed by atoms with Crippen molar-refractivity contribution < 1.29 is 30.0 Å². The van der Waals surface area contributed by atoms with E-state index in [1.165, 1.54) is 110 Å². The summed E-state index contributed by atoms with van der Waals surface area (Å²) < 4.78 is 0. The fraction of sp³-hybridized carbons (Fsp3) is 0.488. The average molecular weight is 809 g/mol. The number of aliphatic hydroxyl groups is 1. The van der Waals surface area contributed by atoms with Crippen molar-refractivity contribution in [3.8, 4) is 11.3 Å². The second kappa shape index (κ2) is 14.4. The molecule has 1 heterocycles. The SMILES string of the molecule is CC(=O)/C=C(/C)O.Cc1cc(C)c2c(C3CCC4(CC3)CCC(C)(C)CC4)cc(-c3[c-]c4ccccc4c(C(C)(C)C)c3)nc2c1.[Ir]. The minimum absolute atomic E-state index is 0. The van der Waals surface area contributed by atoms with Crippen molar-refractivity contribution in [1.29, 1.82) is 0 Å². The second-order valence-corrected chi connectivity index (χ2v) is 16.3. The topological polar surface area (TPSA) is 50.2 Å². The maximum Gasteiger partial charge on any atom is 0.155 e. The molecular formula is C43H54IrNO2-. The zero-order chi connectivity index (χ0) is 33.4. The van der Waals surface area contributed by atoms with E-state index in [1.807, 2.05) is 0 Å². The first kappa shape index (κ1) is 37.0. The van der Waals surface area contributed by atoms with Crippen LogP contribution < -0.4 is 0 Å². The number of carbonyl (C=O) groups is 1. The van der Waals surface area contributed by atoms with Crippen LogP contribution in [0.25, 0.3) is 32.9 Å². The molecule has 2 fully saturated rings. The molecule has 253 valence electrons. The number of benzene rings is 3. The molecule has 6 rings (SSSR count). The van der Waals surface area contributed by atoms with Crippen molar-refractivity contribution in [1.82, 2.24) is 4.98 Å². The van der Waals surface area contributed by atoms with Crippen LogP contribution in [0.3, 0.4) is 0 Å². The Balaban J connectivity index is 0.000000565. The van der Waals surface area contributed by atoms with Crippen LogP contribution in [0, 0.1) is 30.7 Å². The van der Waals surface area contributed by atoms with Gasteiger partial charge in [0.05, 0.1) is 11.3 Å². The van der Waals surface area contributed by atoms with Gasteiger partial charge in [-0.2, -0.15) is 0 Å². The van der Waals surface area contributed by atoms with Gasteiger partial charge in [0.1, 0.15) is 0 Å². The molecule has 0 atom stereocenters. The van der Waals surface area contributed by atoms with E-state index in [4.69, 9.17) is 10.1 Å². The van der Waals surface area contributed by atoms with Crippen molar-refractivity contribution in [2.24, 2.45) is 10.8 Å². The number of carbonyl (C=O) groups excluding carboxylic acids is 1. The molecule has 3 aromatic carbocycles. The summed E-state index contributed by atoms with van der Waals surface area (Å²) in [7, 11) is 0. The molecule has 4 heteroatoms. The van der Waals surface area contributed by atoms with Crippen molar-refractivity contribution in [2.75, 3.05) is 0 Å². The van der Waals surface area contributed by atoms with Crippen molar-refractivity contribution in [3.05, 3.63) is 88.7 Å². The minimum atomic E-state index is -0.125. The van der Waals surface area contributed by atoms with E-state index < -0.39 is 0 Å². The molecule has 1 aromatic heterocycles. The van der Waals surface area contributed by atoms with Gasteiger partial charge >= 0.3 is 0 Å². The summed E-state index contributed by atoms with van der Waals surface area (Å²) in [6.07, 6.45) is 12.2. The first-order valence-corrected chi connectivity index (χ1v) is 17.3. The molecular weight excluding hydrogens is 755 g/mol. The van der Waals surface area contributed by atoms with Gasteiger partial charge in [0, 0.05) is 37.3 Å². The van der Waals surface area contributed by atoms with Crippen LogP contribution >= 0.6 is 0 Å². The molecule has 47 heavy (non-hydrogen) atoms. The van der Waals surface area contributed by atoms with Crippen LogP contribution in [0.5, 0.6) is 0 Å². The Hall–Kier alpha value is -2.81. The molecule has 0 bridgehead atoms. The van der Waals surface area contributed by atoms with Crippen LogP contribution in [-0.2, 0) is 30.3 Å². The standard InChI is InChI=1S/C38H46N.C5H8O2.Ir/c1-25-20-26(2)35-31(27-12-14-38(15-13-27)18-16-37(6,7)17-19-38)24-33(39-34(35)21-25)29-22-28-10-8-9-11-30(28)32(23-29)36(3,4)5;1-4(6)3-5(2)7;/h8-11,20-21,23-24,27H,12-19H2,1-7H3;3,6H,1-2H3;/q-1;;/b;4-3-;. The first-order chi connectivity index (χ1) is 21.6. The predicted molar refractivity (Wildman–Crippen MR) is 195 cm³/mol. The summed E-state index contributed by atoms with van der Waals surface area (Å²) in [5.74, 6) is 0.547. The fourth-order valence-electron chi connectivity index (χ4n) is 8.03. The summed E-state index contributed by atoms with van der Waals surface area (Å²) >= 11 is 0. The molecule has 4 aromatic rings. The largest absolute Gasteiger partial charge is 0.512 e. The fourth-order valence-corrected chi connectivity index (χ4v) is 8.03. The van der Waals surface area contributed by atoms with Gasteiger partial charge in [-0.15, -0.1) is 29.1 Å². The number of nitrogens with zero attached hydrogens (tertiary/aromatic N) is 1. The number of aryl methyl sites for hydroxylation is 2. The molecule has 0 aliphatic heterocycles. The van der Waals surface area contributed by atoms with Crippen molar-refractivity contribution >= 4 is 27.5 Å². The Morgan fingerprint density at radius 2 is 1.57 bits per heavy atom. The predicted octanol–water partition coefficient (Wildman–Crippen LogP) is 12.0. The smallest absolute Gasteiger partial charge is 0.155 e. The van der Waals surface area contributed by atoms with E-state index in [0.717, 1.165) is 16.8 Å². The van der Waals surface area contributed by atoms with E-state index in [2.05, 4.69) is 103 Å². The molecule has 0 amide bonds. The molecule has 1 radical (unpaired) electrons. The molecule has 2 saturated carbocycles. The Morgan fingerprint density at radius 3 is 2.15 bits per heavy atom. The van der Waals surface area contributed by atoms with Gasteiger partial charge < -0.3 is 5.11 Å². The number of aliphatic hydroxyl groups excluding tert-OH is 1. The van der Waals surface area contributed by atoms with E-state index in [-0.39, 0.29) is 37.1 Å². The number of fused-ring (bicyclic) bond motifs is 2. The number of aromatic nitrogens is 1. The molecule has 0 saturated heterocycles. The van der Waals surface area contributed by atoms with Crippen LogP contribution in [-0.4, -0.2) is 15.9 Å². The monoisotopic (exact) mass is 809 g/mol. The third-order valence-corrected chi connectivity index (χ3v) is 10.7. The Bertz CT molecular complexity index is 1770. The van der Waals surface area contributed by atoms with Gasteiger partial charge in [0.2, 0.25) is 0 Å². The summed E-state index contributed by atoms with van der Waals surface area (Å²) in [6, 6.07) is 22.0. The summed E-state index contributed by atoms with van der Waals surface area (Å²) in [5, 5.41) is 12.2. The van der Waals surface area contributed by atoms with E-state index >= 15 is 0 Å². The average Bonchev–Trinajstić information content (AvgIpc) is 2.97. The molecule has 3 nitrogen and oxygen atoms in total. The maximum absolute atomic E-state index is 10.0. The van der Waals surface area contributed by atoms with Gasteiger partial charge in [-0.3, -0.25) is 9.78 Å². The third-order valence-electron chi connectivity index (χ3n) is 10.7. The van der Waals surface area contributed by atoms with Gasteiger partial charge in [-0.1, -0.05) is 75.9 Å². The van der Waals surface area contributed by atoms with E-state index in [1.54, 1.807) is 0 Å².